The SMILES string of the molecule is CC1(C(=O)N2Cc3cnn(Cc4ccc(F)cc4)c3C2)CCCNC1. The van der Waals surface area contributed by atoms with Gasteiger partial charge in [0.25, 0.3) is 0 Å². The average Bonchev–Trinajstić information content (AvgIpc) is 3.19. The van der Waals surface area contributed by atoms with Gasteiger partial charge in [-0.05, 0) is 44.0 Å². The van der Waals surface area contributed by atoms with Crippen LogP contribution >= 0.6 is 0 Å². The van der Waals surface area contributed by atoms with Crippen molar-refractivity contribution >= 4 is 5.91 Å². The summed E-state index contributed by atoms with van der Waals surface area (Å²) in [5.74, 6) is -0.00946. The molecule has 4 rings (SSSR count). The number of aromatic nitrogens is 2. The van der Waals surface area contributed by atoms with Gasteiger partial charge in [-0.1, -0.05) is 12.1 Å². The Labute approximate surface area is 146 Å². The molecule has 1 unspecified atom stereocenters. The topological polar surface area (TPSA) is 50.2 Å². The standard InChI is InChI=1S/C19H23FN4O/c1-19(7-2-8-21-13-19)18(25)23-11-15-9-22-24(17(15)12-23)10-14-3-5-16(20)6-4-14/h3-6,9,21H,2,7-8,10-13H2,1H3. The van der Waals surface area contributed by atoms with Crippen LogP contribution in [0.5, 0.6) is 0 Å². The van der Waals surface area contributed by atoms with Crippen LogP contribution in [-0.4, -0.2) is 33.7 Å². The summed E-state index contributed by atoms with van der Waals surface area (Å²) in [7, 11) is 0. The molecular formula is C19H23FN4O. The number of hydrogen-bond donors (Lipinski definition) is 1. The highest BCUT2D eigenvalue weighted by molar-refractivity contribution is 5.83. The first-order valence-electron chi connectivity index (χ1n) is 8.83. The number of rotatable bonds is 3. The second-order valence-electron chi connectivity index (χ2n) is 7.40. The molecule has 1 atom stereocenters. The zero-order valence-corrected chi connectivity index (χ0v) is 14.5. The number of piperidine rings is 1. The second-order valence-corrected chi connectivity index (χ2v) is 7.40. The Hall–Kier alpha value is -2.21. The van der Waals surface area contributed by atoms with Crippen LogP contribution in [0.15, 0.2) is 30.5 Å². The van der Waals surface area contributed by atoms with Gasteiger partial charge in [0, 0.05) is 18.7 Å². The molecule has 1 aromatic heterocycles. The zero-order chi connectivity index (χ0) is 17.4. The molecule has 0 saturated carbocycles. The van der Waals surface area contributed by atoms with Crippen molar-refractivity contribution in [3.63, 3.8) is 0 Å². The maximum absolute atomic E-state index is 13.1. The lowest BCUT2D eigenvalue weighted by atomic mass is 9.81. The summed E-state index contributed by atoms with van der Waals surface area (Å²) < 4.78 is 15.0. The van der Waals surface area contributed by atoms with Gasteiger partial charge in [-0.3, -0.25) is 9.48 Å². The Morgan fingerprint density at radius 1 is 1.32 bits per heavy atom. The van der Waals surface area contributed by atoms with Gasteiger partial charge in [-0.15, -0.1) is 0 Å². The highest BCUT2D eigenvalue weighted by Gasteiger charge is 2.40. The molecule has 0 spiro atoms. The maximum Gasteiger partial charge on any atom is 0.230 e. The lowest BCUT2D eigenvalue weighted by molar-refractivity contribution is -0.143. The highest BCUT2D eigenvalue weighted by atomic mass is 19.1. The fraction of sp³-hybridized carbons (Fsp3) is 0.474. The third-order valence-electron chi connectivity index (χ3n) is 5.38. The molecule has 1 fully saturated rings. The van der Waals surface area contributed by atoms with E-state index in [0.717, 1.165) is 42.8 Å². The Kier molecular flexibility index (Phi) is 4.07. The summed E-state index contributed by atoms with van der Waals surface area (Å²) in [5, 5.41) is 7.80. The summed E-state index contributed by atoms with van der Waals surface area (Å²) >= 11 is 0. The van der Waals surface area contributed by atoms with E-state index in [4.69, 9.17) is 0 Å². The molecule has 1 amide bonds. The van der Waals surface area contributed by atoms with E-state index in [2.05, 4.69) is 17.3 Å². The predicted molar refractivity (Wildman–Crippen MR) is 92.2 cm³/mol. The third kappa shape index (κ3) is 3.06. The van der Waals surface area contributed by atoms with Crippen molar-refractivity contribution in [3.8, 4) is 0 Å². The van der Waals surface area contributed by atoms with Gasteiger partial charge < -0.3 is 10.2 Å². The number of amides is 1. The van der Waals surface area contributed by atoms with Crippen LogP contribution in [-0.2, 0) is 24.4 Å². The molecule has 1 N–H and O–H groups in total. The number of nitrogens with zero attached hydrogens (tertiary/aromatic N) is 3. The lowest BCUT2D eigenvalue weighted by Crippen LogP contribution is -2.48. The van der Waals surface area contributed by atoms with E-state index in [1.807, 2.05) is 15.8 Å². The smallest absolute Gasteiger partial charge is 0.230 e. The van der Waals surface area contributed by atoms with Gasteiger partial charge in [0.05, 0.1) is 30.4 Å². The Balaban J connectivity index is 1.49. The Morgan fingerprint density at radius 3 is 2.84 bits per heavy atom. The van der Waals surface area contributed by atoms with E-state index in [1.165, 1.54) is 12.1 Å². The molecule has 1 saturated heterocycles. The first kappa shape index (κ1) is 16.3. The van der Waals surface area contributed by atoms with Gasteiger partial charge in [0.1, 0.15) is 5.82 Å². The Bertz CT molecular complexity index is 777. The Morgan fingerprint density at radius 2 is 2.12 bits per heavy atom. The van der Waals surface area contributed by atoms with Crippen molar-refractivity contribution in [1.29, 1.82) is 0 Å². The van der Waals surface area contributed by atoms with Crippen LogP contribution in [0, 0.1) is 11.2 Å². The van der Waals surface area contributed by atoms with E-state index in [0.29, 0.717) is 19.6 Å². The van der Waals surface area contributed by atoms with Crippen molar-refractivity contribution in [2.75, 3.05) is 13.1 Å². The van der Waals surface area contributed by atoms with Crippen molar-refractivity contribution in [2.45, 2.75) is 39.4 Å². The third-order valence-corrected chi connectivity index (χ3v) is 5.38. The molecule has 6 heteroatoms. The predicted octanol–water partition coefficient (Wildman–Crippen LogP) is 2.30. The number of nitrogens with one attached hydrogen (secondary N) is 1. The molecule has 0 radical (unpaired) electrons. The van der Waals surface area contributed by atoms with Crippen molar-refractivity contribution in [2.24, 2.45) is 5.41 Å². The molecule has 3 heterocycles. The van der Waals surface area contributed by atoms with E-state index in [9.17, 15) is 9.18 Å². The molecule has 25 heavy (non-hydrogen) atoms. The zero-order valence-electron chi connectivity index (χ0n) is 14.5. The minimum Gasteiger partial charge on any atom is -0.332 e. The first-order valence-corrected chi connectivity index (χ1v) is 8.83. The molecule has 0 bridgehead atoms. The molecule has 2 aliphatic heterocycles. The van der Waals surface area contributed by atoms with Gasteiger partial charge >= 0.3 is 0 Å². The lowest BCUT2D eigenvalue weighted by Gasteiger charge is -2.36. The van der Waals surface area contributed by atoms with Gasteiger partial charge in [-0.2, -0.15) is 5.10 Å². The molecule has 2 aliphatic rings. The van der Waals surface area contributed by atoms with Crippen LogP contribution in [0.1, 0.15) is 36.6 Å². The summed E-state index contributed by atoms with van der Waals surface area (Å²) in [5.41, 5.74) is 2.89. The fourth-order valence-electron chi connectivity index (χ4n) is 3.87. The minimum absolute atomic E-state index is 0.226. The van der Waals surface area contributed by atoms with E-state index < -0.39 is 0 Å². The van der Waals surface area contributed by atoms with Crippen LogP contribution in [0.4, 0.5) is 4.39 Å². The molecule has 5 nitrogen and oxygen atoms in total. The van der Waals surface area contributed by atoms with Crippen molar-refractivity contribution in [3.05, 3.63) is 53.1 Å². The molecule has 2 aromatic rings. The molecular weight excluding hydrogens is 319 g/mol. The highest BCUT2D eigenvalue weighted by Crippen LogP contribution is 2.32. The number of benzene rings is 1. The normalized spacial score (nSPS) is 22.9. The summed E-state index contributed by atoms with van der Waals surface area (Å²) in [4.78, 5) is 15.0. The van der Waals surface area contributed by atoms with E-state index >= 15 is 0 Å². The van der Waals surface area contributed by atoms with Crippen LogP contribution < -0.4 is 5.32 Å². The van der Waals surface area contributed by atoms with Crippen LogP contribution in [0.25, 0.3) is 0 Å². The largest absolute Gasteiger partial charge is 0.332 e. The number of fused-ring (bicyclic) bond motifs is 1. The fourth-order valence-corrected chi connectivity index (χ4v) is 3.87. The van der Waals surface area contributed by atoms with E-state index in [-0.39, 0.29) is 17.1 Å². The van der Waals surface area contributed by atoms with Crippen LogP contribution in [0.2, 0.25) is 0 Å². The number of hydrogen-bond acceptors (Lipinski definition) is 3. The van der Waals surface area contributed by atoms with Crippen molar-refractivity contribution in [1.82, 2.24) is 20.0 Å². The molecule has 1 aromatic carbocycles. The number of halogens is 1. The van der Waals surface area contributed by atoms with Gasteiger partial charge in [-0.25, -0.2) is 4.39 Å². The summed E-state index contributed by atoms with van der Waals surface area (Å²) in [6.07, 6.45) is 3.84. The monoisotopic (exact) mass is 342 g/mol. The van der Waals surface area contributed by atoms with Crippen LogP contribution in [0.3, 0.4) is 0 Å². The van der Waals surface area contributed by atoms with Gasteiger partial charge in [0.15, 0.2) is 0 Å². The molecule has 0 aliphatic carbocycles. The number of carbonyl (C=O) groups excluding carboxylic acids is 1. The maximum atomic E-state index is 13.1. The molecule has 132 valence electrons. The van der Waals surface area contributed by atoms with E-state index in [1.54, 1.807) is 12.1 Å². The first-order chi connectivity index (χ1) is 12.0. The van der Waals surface area contributed by atoms with Gasteiger partial charge in [0.2, 0.25) is 5.91 Å². The quantitative estimate of drug-likeness (QED) is 0.931. The number of carbonyl (C=O) groups is 1. The summed E-state index contributed by atoms with van der Waals surface area (Å²) in [6, 6.07) is 6.48. The second kappa shape index (κ2) is 6.26. The average molecular weight is 342 g/mol. The minimum atomic E-state index is -0.309. The van der Waals surface area contributed by atoms with Crippen molar-refractivity contribution < 1.29 is 9.18 Å². The summed E-state index contributed by atoms with van der Waals surface area (Å²) in [6.45, 7) is 5.64.